The highest BCUT2D eigenvalue weighted by atomic mass is 32.2. The summed E-state index contributed by atoms with van der Waals surface area (Å²) in [7, 11) is 0. The highest BCUT2D eigenvalue weighted by molar-refractivity contribution is 8.00. The predicted octanol–water partition coefficient (Wildman–Crippen LogP) is 4.61. The maximum atomic E-state index is 13.8. The first-order chi connectivity index (χ1) is 9.63. The van der Waals surface area contributed by atoms with Crippen LogP contribution in [0.1, 0.15) is 39.5 Å². The lowest BCUT2D eigenvalue weighted by Gasteiger charge is -2.36. The Morgan fingerprint density at radius 2 is 2.05 bits per heavy atom. The second-order valence-electron chi connectivity index (χ2n) is 5.48. The molecule has 0 amide bonds. The number of halogens is 2. The number of rotatable bonds is 5. The summed E-state index contributed by atoms with van der Waals surface area (Å²) in [6.45, 7) is 5.23. The molecule has 1 aromatic rings. The number of hydrogen-bond acceptors (Lipinski definition) is 2. The van der Waals surface area contributed by atoms with Crippen LogP contribution in [0.3, 0.4) is 0 Å². The van der Waals surface area contributed by atoms with Crippen LogP contribution in [-0.2, 0) is 0 Å². The van der Waals surface area contributed by atoms with E-state index in [4.69, 9.17) is 0 Å². The van der Waals surface area contributed by atoms with Gasteiger partial charge in [0.15, 0.2) is 0 Å². The number of hydrogen-bond donors (Lipinski definition) is 1. The lowest BCUT2D eigenvalue weighted by atomic mass is 9.84. The van der Waals surface area contributed by atoms with Gasteiger partial charge >= 0.3 is 0 Å². The molecule has 2 rings (SSSR count). The molecule has 20 heavy (non-hydrogen) atoms. The van der Waals surface area contributed by atoms with Crippen molar-refractivity contribution in [2.24, 2.45) is 5.92 Å². The van der Waals surface area contributed by atoms with E-state index in [1.807, 2.05) is 0 Å². The van der Waals surface area contributed by atoms with Crippen molar-refractivity contribution in [2.75, 3.05) is 6.54 Å². The molecule has 3 unspecified atom stereocenters. The Morgan fingerprint density at radius 1 is 1.25 bits per heavy atom. The lowest BCUT2D eigenvalue weighted by molar-refractivity contribution is 0.297. The van der Waals surface area contributed by atoms with Crippen LogP contribution in [0.15, 0.2) is 23.1 Å². The molecule has 112 valence electrons. The third-order valence-corrected chi connectivity index (χ3v) is 5.51. The van der Waals surface area contributed by atoms with Crippen LogP contribution < -0.4 is 5.32 Å². The van der Waals surface area contributed by atoms with Crippen molar-refractivity contribution in [3.63, 3.8) is 0 Å². The van der Waals surface area contributed by atoms with Crippen molar-refractivity contribution in [3.05, 3.63) is 29.8 Å². The number of benzene rings is 1. The summed E-state index contributed by atoms with van der Waals surface area (Å²) in [6.07, 6.45) is 4.61. The van der Waals surface area contributed by atoms with Crippen LogP contribution in [0.25, 0.3) is 0 Å². The molecule has 0 spiro atoms. The molecular formula is C16H23F2NS. The summed E-state index contributed by atoms with van der Waals surface area (Å²) in [4.78, 5) is 0.439. The molecular weight excluding hydrogens is 276 g/mol. The molecule has 1 aromatic carbocycles. The molecule has 0 heterocycles. The van der Waals surface area contributed by atoms with Gasteiger partial charge in [-0.25, -0.2) is 8.78 Å². The van der Waals surface area contributed by atoms with Gasteiger partial charge in [-0.05, 0) is 49.9 Å². The molecule has 1 aliphatic carbocycles. The Balaban J connectivity index is 2.11. The standard InChI is InChI=1S/C16H23F2NS/c1-3-11-5-8-14(19-4-2)16(9-11)20-15-10-12(17)6-7-13(15)18/h6-7,10-11,14,16,19H,3-5,8-9H2,1-2H3. The zero-order valence-corrected chi connectivity index (χ0v) is 13.0. The predicted molar refractivity (Wildman–Crippen MR) is 81.1 cm³/mol. The maximum Gasteiger partial charge on any atom is 0.136 e. The largest absolute Gasteiger partial charge is 0.313 e. The van der Waals surface area contributed by atoms with Gasteiger partial charge in [0.25, 0.3) is 0 Å². The van der Waals surface area contributed by atoms with Crippen molar-refractivity contribution in [1.29, 1.82) is 0 Å². The van der Waals surface area contributed by atoms with Gasteiger partial charge in [0, 0.05) is 16.2 Å². The zero-order chi connectivity index (χ0) is 14.5. The smallest absolute Gasteiger partial charge is 0.136 e. The average Bonchev–Trinajstić information content (AvgIpc) is 2.45. The second-order valence-corrected chi connectivity index (χ2v) is 6.76. The highest BCUT2D eigenvalue weighted by Crippen LogP contribution is 2.38. The third-order valence-electron chi connectivity index (χ3n) is 4.12. The van der Waals surface area contributed by atoms with Crippen molar-refractivity contribution >= 4 is 11.8 Å². The van der Waals surface area contributed by atoms with E-state index in [0.29, 0.717) is 22.1 Å². The van der Waals surface area contributed by atoms with Gasteiger partial charge in [0.05, 0.1) is 0 Å². The Labute approximate surface area is 124 Å². The molecule has 0 aromatic heterocycles. The minimum atomic E-state index is -0.364. The molecule has 1 fully saturated rings. The molecule has 0 radical (unpaired) electrons. The molecule has 1 N–H and O–H groups in total. The summed E-state index contributed by atoms with van der Waals surface area (Å²) in [6, 6.07) is 4.12. The van der Waals surface area contributed by atoms with Crippen LogP contribution in [0, 0.1) is 17.6 Å². The topological polar surface area (TPSA) is 12.0 Å². The molecule has 1 saturated carbocycles. The average molecular weight is 299 g/mol. The fraction of sp³-hybridized carbons (Fsp3) is 0.625. The normalized spacial score (nSPS) is 26.7. The van der Waals surface area contributed by atoms with E-state index >= 15 is 0 Å². The quantitative estimate of drug-likeness (QED) is 0.852. The summed E-state index contributed by atoms with van der Waals surface area (Å²) >= 11 is 1.49. The fourth-order valence-electron chi connectivity index (χ4n) is 2.94. The first kappa shape index (κ1) is 15.8. The Morgan fingerprint density at radius 3 is 2.75 bits per heavy atom. The molecule has 0 aliphatic heterocycles. The summed E-state index contributed by atoms with van der Waals surface area (Å²) in [5, 5.41) is 3.82. The van der Waals surface area contributed by atoms with Gasteiger partial charge < -0.3 is 5.32 Å². The Kier molecular flexibility index (Phi) is 5.85. The first-order valence-electron chi connectivity index (χ1n) is 7.49. The second kappa shape index (κ2) is 7.41. The molecule has 0 bridgehead atoms. The molecule has 1 nitrogen and oxygen atoms in total. The van der Waals surface area contributed by atoms with Crippen molar-refractivity contribution in [2.45, 2.75) is 55.7 Å². The van der Waals surface area contributed by atoms with E-state index in [9.17, 15) is 8.78 Å². The molecule has 3 atom stereocenters. The summed E-state index contributed by atoms with van der Waals surface area (Å²) < 4.78 is 27.1. The molecule has 0 saturated heterocycles. The fourth-order valence-corrected chi connectivity index (χ4v) is 4.39. The monoisotopic (exact) mass is 299 g/mol. The summed E-state index contributed by atoms with van der Waals surface area (Å²) in [5.41, 5.74) is 0. The van der Waals surface area contributed by atoms with E-state index in [-0.39, 0.29) is 11.6 Å². The Bertz CT molecular complexity index is 438. The third kappa shape index (κ3) is 3.95. The maximum absolute atomic E-state index is 13.8. The molecule has 1 aliphatic rings. The van der Waals surface area contributed by atoms with Gasteiger partial charge in [-0.2, -0.15) is 0 Å². The lowest BCUT2D eigenvalue weighted by Crippen LogP contribution is -2.42. The van der Waals surface area contributed by atoms with Crippen LogP contribution in [-0.4, -0.2) is 17.8 Å². The van der Waals surface area contributed by atoms with Gasteiger partial charge in [0.1, 0.15) is 11.6 Å². The minimum absolute atomic E-state index is 0.315. The van der Waals surface area contributed by atoms with Crippen molar-refractivity contribution in [3.8, 4) is 0 Å². The van der Waals surface area contributed by atoms with Gasteiger partial charge in [-0.3, -0.25) is 0 Å². The first-order valence-corrected chi connectivity index (χ1v) is 8.37. The Hall–Kier alpha value is -0.610. The van der Waals surface area contributed by atoms with E-state index in [2.05, 4.69) is 19.2 Å². The minimum Gasteiger partial charge on any atom is -0.313 e. The van der Waals surface area contributed by atoms with Gasteiger partial charge in [-0.15, -0.1) is 11.8 Å². The highest BCUT2D eigenvalue weighted by Gasteiger charge is 2.30. The van der Waals surface area contributed by atoms with Gasteiger partial charge in [-0.1, -0.05) is 20.3 Å². The van der Waals surface area contributed by atoms with Crippen molar-refractivity contribution in [1.82, 2.24) is 5.32 Å². The number of thioether (sulfide) groups is 1. The zero-order valence-electron chi connectivity index (χ0n) is 12.2. The van der Waals surface area contributed by atoms with Crippen LogP contribution in [0.5, 0.6) is 0 Å². The SMILES string of the molecule is CCNC1CCC(CC)CC1Sc1cc(F)ccc1F. The van der Waals surface area contributed by atoms with E-state index in [1.54, 1.807) is 0 Å². The summed E-state index contributed by atoms with van der Waals surface area (Å²) in [5.74, 6) is 0.0287. The number of nitrogens with one attached hydrogen (secondary N) is 1. The molecule has 4 heteroatoms. The van der Waals surface area contributed by atoms with Crippen LogP contribution in [0.4, 0.5) is 8.78 Å². The van der Waals surface area contributed by atoms with E-state index in [1.165, 1.54) is 42.8 Å². The van der Waals surface area contributed by atoms with Crippen LogP contribution in [0.2, 0.25) is 0 Å². The van der Waals surface area contributed by atoms with E-state index < -0.39 is 0 Å². The van der Waals surface area contributed by atoms with E-state index in [0.717, 1.165) is 19.4 Å². The van der Waals surface area contributed by atoms with Crippen molar-refractivity contribution < 1.29 is 8.78 Å². The van der Waals surface area contributed by atoms with Gasteiger partial charge in [0.2, 0.25) is 0 Å². The van der Waals surface area contributed by atoms with Crippen LogP contribution >= 0.6 is 11.8 Å².